The molecule has 0 aromatic rings. The van der Waals surface area contributed by atoms with Crippen LogP contribution in [0.3, 0.4) is 0 Å². The molecule has 0 fully saturated rings. The van der Waals surface area contributed by atoms with Crippen LogP contribution in [0.5, 0.6) is 0 Å². The summed E-state index contributed by atoms with van der Waals surface area (Å²) in [6.45, 7) is 2.83. The Kier molecular flexibility index (Phi) is 8.77. The van der Waals surface area contributed by atoms with Gasteiger partial charge < -0.3 is 4.74 Å². The van der Waals surface area contributed by atoms with E-state index in [1.54, 1.807) is 6.92 Å². The molecular formula is C5H8CaO3. The van der Waals surface area contributed by atoms with E-state index < -0.39 is 11.9 Å². The topological polar surface area (TPSA) is 43.4 Å². The van der Waals surface area contributed by atoms with Crippen molar-refractivity contribution in [1.29, 1.82) is 0 Å². The predicted molar refractivity (Wildman–Crippen MR) is 32.8 cm³/mol. The van der Waals surface area contributed by atoms with Gasteiger partial charge in [0.1, 0.15) is 0 Å². The summed E-state index contributed by atoms with van der Waals surface area (Å²) in [7, 11) is 0. The van der Waals surface area contributed by atoms with Crippen LogP contribution in [0.4, 0.5) is 0 Å². The van der Waals surface area contributed by atoms with Crippen molar-refractivity contribution in [3.05, 3.63) is 0 Å². The maximum Gasteiger partial charge on any atom is 0.313 e. The molecule has 0 aromatic heterocycles. The zero-order valence-corrected chi connectivity index (χ0v) is 7.85. The van der Waals surface area contributed by atoms with Crippen LogP contribution >= 0.6 is 0 Å². The van der Waals surface area contributed by atoms with Crippen molar-refractivity contribution in [3.63, 3.8) is 0 Å². The number of esters is 2. The van der Waals surface area contributed by atoms with Crippen LogP contribution in [0.2, 0.25) is 0 Å². The van der Waals surface area contributed by atoms with Gasteiger partial charge >= 0.3 is 11.9 Å². The predicted octanol–water partition coefficient (Wildman–Crippen LogP) is 0.105. The molecule has 0 atom stereocenters. The van der Waals surface area contributed by atoms with Gasteiger partial charge in [0.25, 0.3) is 0 Å². The molecule has 3 nitrogen and oxygen atoms in total. The van der Waals surface area contributed by atoms with Crippen LogP contribution in [0.15, 0.2) is 0 Å². The first-order valence-electron chi connectivity index (χ1n) is 2.38. The number of rotatable bonds is 1. The van der Waals surface area contributed by atoms with Crippen molar-refractivity contribution in [3.8, 4) is 0 Å². The molecule has 0 saturated heterocycles. The van der Waals surface area contributed by atoms with Gasteiger partial charge in [0.2, 0.25) is 0 Å². The van der Waals surface area contributed by atoms with E-state index in [4.69, 9.17) is 0 Å². The van der Waals surface area contributed by atoms with Gasteiger partial charge in [-0.15, -0.1) is 0 Å². The first-order valence-corrected chi connectivity index (χ1v) is 2.38. The minimum Gasteiger partial charge on any atom is -0.393 e. The zero-order valence-electron chi connectivity index (χ0n) is 5.64. The Hall–Kier alpha value is 0.400. The number of carbonyl (C=O) groups is 2. The van der Waals surface area contributed by atoms with Crippen molar-refractivity contribution in [2.24, 2.45) is 0 Å². The fourth-order valence-corrected chi connectivity index (χ4v) is 0.232. The van der Waals surface area contributed by atoms with Crippen LogP contribution in [0.25, 0.3) is 0 Å². The van der Waals surface area contributed by atoms with Crippen molar-refractivity contribution in [2.75, 3.05) is 0 Å². The molecule has 0 aliphatic carbocycles. The second-order valence-electron chi connectivity index (χ2n) is 1.32. The molecule has 0 aliphatic heterocycles. The van der Waals surface area contributed by atoms with E-state index in [9.17, 15) is 9.59 Å². The Morgan fingerprint density at radius 2 is 1.89 bits per heavy atom. The number of hydrogen-bond donors (Lipinski definition) is 0. The molecule has 4 heteroatoms. The SMILES string of the molecule is CCC(=O)OC(C)=O.[Ca]. The van der Waals surface area contributed by atoms with E-state index in [1.165, 1.54) is 6.92 Å². The molecule has 0 amide bonds. The van der Waals surface area contributed by atoms with Gasteiger partial charge in [-0.05, 0) is 0 Å². The van der Waals surface area contributed by atoms with Crippen LogP contribution in [0, 0.1) is 0 Å². The Morgan fingerprint density at radius 1 is 1.44 bits per heavy atom. The second-order valence-corrected chi connectivity index (χ2v) is 1.32. The van der Waals surface area contributed by atoms with E-state index in [-0.39, 0.29) is 44.2 Å². The second kappa shape index (κ2) is 6.52. The van der Waals surface area contributed by atoms with Crippen LogP contribution in [0.1, 0.15) is 20.3 Å². The minimum absolute atomic E-state index is 0. The molecule has 0 heterocycles. The fourth-order valence-electron chi connectivity index (χ4n) is 0.232. The Morgan fingerprint density at radius 3 is 2.00 bits per heavy atom. The molecule has 9 heavy (non-hydrogen) atoms. The van der Waals surface area contributed by atoms with Crippen molar-refractivity contribution < 1.29 is 14.3 Å². The molecule has 0 aliphatic rings. The molecule has 0 N–H and O–H groups in total. The Balaban J connectivity index is 0. The van der Waals surface area contributed by atoms with Gasteiger partial charge in [-0.1, -0.05) is 6.92 Å². The molecule has 0 bridgehead atoms. The smallest absolute Gasteiger partial charge is 0.313 e. The molecule has 0 aromatic carbocycles. The third-order valence-corrected chi connectivity index (χ3v) is 0.546. The number of hydrogen-bond acceptors (Lipinski definition) is 3. The van der Waals surface area contributed by atoms with Gasteiger partial charge in [0, 0.05) is 51.1 Å². The van der Waals surface area contributed by atoms with Gasteiger partial charge in [-0.2, -0.15) is 0 Å². The van der Waals surface area contributed by atoms with Gasteiger partial charge in [0.15, 0.2) is 0 Å². The zero-order chi connectivity index (χ0) is 6.57. The van der Waals surface area contributed by atoms with E-state index in [0.29, 0.717) is 0 Å². The largest absolute Gasteiger partial charge is 0.393 e. The van der Waals surface area contributed by atoms with Crippen LogP contribution in [-0.2, 0) is 14.3 Å². The average Bonchev–Trinajstić information content (AvgIpc) is 1.65. The summed E-state index contributed by atoms with van der Waals surface area (Å²) in [5.74, 6) is -1.02. The normalized spacial score (nSPS) is 7.33. The molecule has 48 valence electrons. The number of ether oxygens (including phenoxy) is 1. The summed E-state index contributed by atoms with van der Waals surface area (Å²) in [5, 5.41) is 0. The average molecular weight is 156 g/mol. The third-order valence-electron chi connectivity index (χ3n) is 0.546. The monoisotopic (exact) mass is 156 g/mol. The van der Waals surface area contributed by atoms with E-state index >= 15 is 0 Å². The van der Waals surface area contributed by atoms with Gasteiger partial charge in [-0.3, -0.25) is 9.59 Å². The third kappa shape index (κ3) is 8.40. The van der Waals surface area contributed by atoms with E-state index in [2.05, 4.69) is 4.74 Å². The summed E-state index contributed by atoms with van der Waals surface area (Å²) >= 11 is 0. The van der Waals surface area contributed by atoms with E-state index in [0.717, 1.165) is 0 Å². The van der Waals surface area contributed by atoms with Crippen molar-refractivity contribution in [1.82, 2.24) is 0 Å². The first kappa shape index (κ1) is 12.1. The van der Waals surface area contributed by atoms with Gasteiger partial charge in [0.05, 0.1) is 0 Å². The molecular weight excluding hydrogens is 148 g/mol. The maximum absolute atomic E-state index is 10.2. The van der Waals surface area contributed by atoms with Crippen LogP contribution in [-0.4, -0.2) is 49.7 Å². The molecule has 0 saturated carbocycles. The maximum atomic E-state index is 10.2. The van der Waals surface area contributed by atoms with E-state index in [1.807, 2.05) is 0 Å². The Bertz CT molecular complexity index is 111. The fraction of sp³-hybridized carbons (Fsp3) is 0.600. The van der Waals surface area contributed by atoms with Gasteiger partial charge in [-0.25, -0.2) is 0 Å². The summed E-state index contributed by atoms with van der Waals surface area (Å²) in [5.41, 5.74) is 0. The van der Waals surface area contributed by atoms with Crippen LogP contribution < -0.4 is 0 Å². The summed E-state index contributed by atoms with van der Waals surface area (Å²) in [6.07, 6.45) is 0.250. The number of carbonyl (C=O) groups excluding carboxylic acids is 2. The summed E-state index contributed by atoms with van der Waals surface area (Å²) in [6, 6.07) is 0. The Labute approximate surface area is 83.8 Å². The molecule has 2 radical (unpaired) electrons. The molecule has 0 spiro atoms. The van der Waals surface area contributed by atoms with Crippen molar-refractivity contribution in [2.45, 2.75) is 20.3 Å². The first-order chi connectivity index (χ1) is 3.66. The molecule has 0 rings (SSSR count). The summed E-state index contributed by atoms with van der Waals surface area (Å²) in [4.78, 5) is 20.1. The minimum atomic E-state index is -0.545. The van der Waals surface area contributed by atoms with Crippen molar-refractivity contribution >= 4 is 49.7 Å². The summed E-state index contributed by atoms with van der Waals surface area (Å²) < 4.78 is 4.12. The quantitative estimate of drug-likeness (QED) is 0.307. The standard InChI is InChI=1S/C5H8O3.Ca/c1-3-5(7)8-4(2)6;/h3H2,1-2H3;. The molecule has 0 unspecified atom stereocenters.